The molecule has 0 aliphatic carbocycles. The quantitative estimate of drug-likeness (QED) is 0.179. The lowest BCUT2D eigenvalue weighted by molar-refractivity contribution is 1.18. The van der Waals surface area contributed by atoms with Crippen molar-refractivity contribution < 1.29 is 0 Å². The summed E-state index contributed by atoms with van der Waals surface area (Å²) in [6.45, 7) is 0. The van der Waals surface area contributed by atoms with Gasteiger partial charge in [0.2, 0.25) is 0 Å². The van der Waals surface area contributed by atoms with E-state index >= 15 is 0 Å². The summed E-state index contributed by atoms with van der Waals surface area (Å²) in [5, 5.41) is 0. The van der Waals surface area contributed by atoms with Crippen LogP contribution in [-0.4, -0.2) is 15.0 Å². The number of hydrogen-bond donors (Lipinski definition) is 0. The molecule has 3 heteroatoms. The van der Waals surface area contributed by atoms with Crippen LogP contribution in [0.3, 0.4) is 0 Å². The highest BCUT2D eigenvalue weighted by Crippen LogP contribution is 2.36. The van der Waals surface area contributed by atoms with E-state index in [-0.39, 0.29) is 0 Å². The lowest BCUT2D eigenvalue weighted by atomic mass is 9.92. The topological polar surface area (TPSA) is 38.7 Å². The molecule has 3 nitrogen and oxygen atoms in total. The van der Waals surface area contributed by atoms with Crippen molar-refractivity contribution in [3.8, 4) is 78.5 Å². The summed E-state index contributed by atoms with van der Waals surface area (Å²) >= 11 is 0. The maximum atomic E-state index is 5.10. The smallest absolute Gasteiger partial charge is 0.160 e. The van der Waals surface area contributed by atoms with Gasteiger partial charge in [0.05, 0.1) is 17.1 Å². The Balaban J connectivity index is 1.20. The molecule has 0 N–H and O–H groups in total. The molecule has 2 aromatic heterocycles. The molecule has 0 spiro atoms. The summed E-state index contributed by atoms with van der Waals surface area (Å²) in [5.74, 6) is 0.688. The van der Waals surface area contributed by atoms with Gasteiger partial charge in [-0.05, 0) is 57.6 Å². The van der Waals surface area contributed by atoms with E-state index in [1.165, 1.54) is 16.7 Å². The number of aromatic nitrogens is 3. The zero-order chi connectivity index (χ0) is 32.1. The van der Waals surface area contributed by atoms with Crippen molar-refractivity contribution in [1.29, 1.82) is 0 Å². The Labute approximate surface area is 280 Å². The first-order valence-corrected chi connectivity index (χ1v) is 16.1. The van der Waals surface area contributed by atoms with Crippen molar-refractivity contribution in [1.82, 2.24) is 15.0 Å². The van der Waals surface area contributed by atoms with Gasteiger partial charge in [0.1, 0.15) is 0 Å². The number of nitrogens with zero attached hydrogens (tertiary/aromatic N) is 3. The van der Waals surface area contributed by atoms with Crippen LogP contribution < -0.4 is 0 Å². The lowest BCUT2D eigenvalue weighted by Crippen LogP contribution is -1.96. The predicted octanol–water partition coefficient (Wildman–Crippen LogP) is 11.5. The molecule has 2 heterocycles. The van der Waals surface area contributed by atoms with Crippen LogP contribution in [0.4, 0.5) is 0 Å². The second-order valence-electron chi connectivity index (χ2n) is 11.7. The van der Waals surface area contributed by atoms with Crippen LogP contribution in [0.5, 0.6) is 0 Å². The van der Waals surface area contributed by atoms with Crippen LogP contribution >= 0.6 is 0 Å². The van der Waals surface area contributed by atoms with Gasteiger partial charge in [-0.25, -0.2) is 9.97 Å². The van der Waals surface area contributed by atoms with Gasteiger partial charge in [-0.2, -0.15) is 0 Å². The number of rotatable bonds is 7. The van der Waals surface area contributed by atoms with Gasteiger partial charge in [-0.15, -0.1) is 0 Å². The molecule has 6 aromatic carbocycles. The van der Waals surface area contributed by atoms with Gasteiger partial charge in [-0.1, -0.05) is 158 Å². The van der Waals surface area contributed by atoms with Gasteiger partial charge >= 0.3 is 0 Å². The molecule has 0 fully saturated rings. The molecule has 0 bridgehead atoms. The fraction of sp³-hybridized carbons (Fsp3) is 0. The highest BCUT2D eigenvalue weighted by Gasteiger charge is 2.14. The third kappa shape index (κ3) is 6.05. The molecule has 0 atom stereocenters. The first-order valence-electron chi connectivity index (χ1n) is 16.1. The Bertz CT molecular complexity index is 2280. The monoisotopic (exact) mass is 613 g/mol. The molecular weight excluding hydrogens is 583 g/mol. The maximum absolute atomic E-state index is 5.10. The Morgan fingerprint density at radius 3 is 1.33 bits per heavy atom. The molecule has 8 aromatic rings. The van der Waals surface area contributed by atoms with Crippen molar-refractivity contribution in [2.24, 2.45) is 0 Å². The van der Waals surface area contributed by atoms with Crippen molar-refractivity contribution in [3.63, 3.8) is 0 Å². The Morgan fingerprint density at radius 2 is 0.729 bits per heavy atom. The predicted molar refractivity (Wildman–Crippen MR) is 198 cm³/mol. The van der Waals surface area contributed by atoms with E-state index in [9.17, 15) is 0 Å². The fourth-order valence-corrected chi connectivity index (χ4v) is 6.08. The Kier molecular flexibility index (Phi) is 7.92. The van der Waals surface area contributed by atoms with Gasteiger partial charge in [0, 0.05) is 28.5 Å². The molecule has 226 valence electrons. The summed E-state index contributed by atoms with van der Waals surface area (Å²) in [6, 6.07) is 63.2. The van der Waals surface area contributed by atoms with E-state index < -0.39 is 0 Å². The number of benzene rings is 6. The highest BCUT2D eigenvalue weighted by atomic mass is 14.9. The standard InChI is InChI=1S/C45H31N3/c1-4-12-32(13-5-1)34-19-23-37(24-20-34)44-31-43(36-16-8-3-9-17-36)47-45(48-44)38-25-21-35(22-26-38)41-30-39(33-14-6-2-7-15-33)27-28-40(41)42-18-10-11-29-46-42/h1-31H. The highest BCUT2D eigenvalue weighted by molar-refractivity contribution is 5.86. The minimum Gasteiger partial charge on any atom is -0.256 e. The average Bonchev–Trinajstić information content (AvgIpc) is 3.19. The normalized spacial score (nSPS) is 10.9. The Hall–Kier alpha value is -6.45. The van der Waals surface area contributed by atoms with Crippen molar-refractivity contribution in [3.05, 3.63) is 188 Å². The van der Waals surface area contributed by atoms with E-state index in [0.717, 1.165) is 56.0 Å². The molecule has 48 heavy (non-hydrogen) atoms. The first kappa shape index (κ1) is 29.0. The van der Waals surface area contributed by atoms with E-state index in [2.05, 4.69) is 145 Å². The van der Waals surface area contributed by atoms with Crippen molar-refractivity contribution >= 4 is 0 Å². The lowest BCUT2D eigenvalue weighted by Gasteiger charge is -2.14. The molecule has 0 aliphatic rings. The molecule has 0 saturated heterocycles. The largest absolute Gasteiger partial charge is 0.256 e. The number of pyridine rings is 1. The molecule has 0 aliphatic heterocycles. The second-order valence-corrected chi connectivity index (χ2v) is 11.7. The molecule has 0 unspecified atom stereocenters. The maximum Gasteiger partial charge on any atom is 0.160 e. The molecule has 0 saturated carbocycles. The van der Waals surface area contributed by atoms with Gasteiger partial charge in [0.25, 0.3) is 0 Å². The zero-order valence-electron chi connectivity index (χ0n) is 26.2. The van der Waals surface area contributed by atoms with Crippen LogP contribution in [0.1, 0.15) is 0 Å². The minimum absolute atomic E-state index is 0.688. The summed E-state index contributed by atoms with van der Waals surface area (Å²) in [4.78, 5) is 14.8. The first-order chi connectivity index (χ1) is 23.8. The van der Waals surface area contributed by atoms with E-state index in [1.807, 2.05) is 48.7 Å². The third-order valence-electron chi connectivity index (χ3n) is 8.61. The summed E-state index contributed by atoms with van der Waals surface area (Å²) in [6.07, 6.45) is 1.84. The van der Waals surface area contributed by atoms with Crippen molar-refractivity contribution in [2.45, 2.75) is 0 Å². The van der Waals surface area contributed by atoms with Crippen LogP contribution in [-0.2, 0) is 0 Å². The molecule has 0 radical (unpaired) electrons. The van der Waals surface area contributed by atoms with Gasteiger partial charge in [0.15, 0.2) is 5.82 Å². The van der Waals surface area contributed by atoms with Gasteiger partial charge in [-0.3, -0.25) is 4.98 Å². The SMILES string of the molecule is c1ccc(-c2ccc(-c3cc(-c4ccccc4)nc(-c4ccc(-c5cc(-c6ccccc6)ccc5-c5ccccn5)cc4)n3)cc2)cc1. The van der Waals surface area contributed by atoms with Crippen molar-refractivity contribution in [2.75, 3.05) is 0 Å². The summed E-state index contributed by atoms with van der Waals surface area (Å²) < 4.78 is 0. The fourth-order valence-electron chi connectivity index (χ4n) is 6.08. The van der Waals surface area contributed by atoms with E-state index in [1.54, 1.807) is 0 Å². The minimum atomic E-state index is 0.688. The van der Waals surface area contributed by atoms with Crippen LogP contribution in [0, 0.1) is 0 Å². The van der Waals surface area contributed by atoms with E-state index in [0.29, 0.717) is 5.82 Å². The van der Waals surface area contributed by atoms with Crippen LogP contribution in [0.15, 0.2) is 188 Å². The third-order valence-corrected chi connectivity index (χ3v) is 8.61. The summed E-state index contributed by atoms with van der Waals surface area (Å²) in [5.41, 5.74) is 13.8. The average molecular weight is 614 g/mol. The molecule has 0 amide bonds. The Morgan fingerprint density at radius 1 is 0.271 bits per heavy atom. The molecular formula is C45H31N3. The zero-order valence-corrected chi connectivity index (χ0v) is 26.2. The van der Waals surface area contributed by atoms with E-state index in [4.69, 9.17) is 9.97 Å². The second kappa shape index (κ2) is 13.1. The summed E-state index contributed by atoms with van der Waals surface area (Å²) in [7, 11) is 0. The number of hydrogen-bond acceptors (Lipinski definition) is 3. The van der Waals surface area contributed by atoms with Gasteiger partial charge < -0.3 is 0 Å². The molecule has 8 rings (SSSR count). The van der Waals surface area contributed by atoms with Crippen LogP contribution in [0.2, 0.25) is 0 Å². The van der Waals surface area contributed by atoms with Crippen LogP contribution in [0.25, 0.3) is 78.5 Å².